The number of rotatable bonds is 9. The molecular formula is C29H35F3N4O3. The molecule has 10 heteroatoms. The average molecular weight is 545 g/mol. The fourth-order valence-electron chi connectivity index (χ4n) is 4.79. The number of hydrogen-bond acceptors (Lipinski definition) is 4. The molecule has 210 valence electrons. The summed E-state index contributed by atoms with van der Waals surface area (Å²) >= 11 is 0. The summed E-state index contributed by atoms with van der Waals surface area (Å²) in [6, 6.07) is 12.6. The topological polar surface area (TPSA) is 61.9 Å². The molecule has 0 atom stereocenters. The first-order valence-corrected chi connectivity index (χ1v) is 13.3. The van der Waals surface area contributed by atoms with Gasteiger partial charge in [-0.1, -0.05) is 26.8 Å². The summed E-state index contributed by atoms with van der Waals surface area (Å²) in [5.74, 6) is 0.646. The lowest BCUT2D eigenvalue weighted by Gasteiger charge is -2.36. The van der Waals surface area contributed by atoms with E-state index in [1.165, 1.54) is 6.07 Å². The summed E-state index contributed by atoms with van der Waals surface area (Å²) < 4.78 is 47.2. The number of aromatic nitrogens is 1. The number of piperazine rings is 1. The molecule has 4 rings (SSSR count). The molecule has 0 radical (unpaired) electrons. The van der Waals surface area contributed by atoms with Crippen LogP contribution in [0.5, 0.6) is 0 Å². The van der Waals surface area contributed by atoms with Gasteiger partial charge in [0.05, 0.1) is 18.7 Å². The van der Waals surface area contributed by atoms with Crippen LogP contribution in [0, 0.1) is 5.92 Å². The Balaban J connectivity index is 1.36. The van der Waals surface area contributed by atoms with Crippen LogP contribution in [0.25, 0.3) is 0 Å². The number of nitrogens with zero attached hydrogens (tertiary/aromatic N) is 4. The van der Waals surface area contributed by atoms with Crippen molar-refractivity contribution in [3.05, 3.63) is 77.5 Å². The van der Waals surface area contributed by atoms with E-state index in [2.05, 4.69) is 0 Å². The van der Waals surface area contributed by atoms with Gasteiger partial charge in [0.2, 0.25) is 5.91 Å². The van der Waals surface area contributed by atoms with E-state index >= 15 is 0 Å². The fraction of sp³-hybridized carbons (Fsp3) is 0.448. The van der Waals surface area contributed by atoms with Crippen LogP contribution < -0.4 is 4.90 Å². The average Bonchev–Trinajstić information content (AvgIpc) is 3.57. The maximum absolute atomic E-state index is 13.1. The minimum absolute atomic E-state index is 0.0782. The van der Waals surface area contributed by atoms with Gasteiger partial charge in [0.25, 0.3) is 5.91 Å². The van der Waals surface area contributed by atoms with Crippen LogP contribution >= 0.6 is 0 Å². The van der Waals surface area contributed by atoms with Crippen LogP contribution in [0.15, 0.2) is 59.1 Å². The first kappa shape index (κ1) is 28.3. The van der Waals surface area contributed by atoms with Gasteiger partial charge in [0, 0.05) is 56.2 Å². The SMILES string of the molecule is CCCN(Cc1cccn1Cc1ccc(C(=O)N2CCN(c3cccc(C(F)(F)F)c3)CC2)o1)C(=O)C(C)C. The number of carbonyl (C=O) groups excluding carboxylic acids is 2. The molecule has 7 nitrogen and oxygen atoms in total. The monoisotopic (exact) mass is 544 g/mol. The van der Waals surface area contributed by atoms with Crippen molar-refractivity contribution in [2.45, 2.75) is 46.5 Å². The van der Waals surface area contributed by atoms with Crippen molar-refractivity contribution in [2.24, 2.45) is 5.92 Å². The van der Waals surface area contributed by atoms with Crippen molar-refractivity contribution in [1.82, 2.24) is 14.4 Å². The molecule has 2 aromatic heterocycles. The summed E-state index contributed by atoms with van der Waals surface area (Å²) in [4.78, 5) is 31.1. The summed E-state index contributed by atoms with van der Waals surface area (Å²) in [6.45, 7) is 9.07. The molecule has 2 amide bonds. The third-order valence-electron chi connectivity index (χ3n) is 6.88. The number of hydrogen-bond donors (Lipinski definition) is 0. The maximum Gasteiger partial charge on any atom is 0.416 e. The number of carbonyl (C=O) groups is 2. The zero-order valence-electron chi connectivity index (χ0n) is 22.6. The zero-order chi connectivity index (χ0) is 28.2. The molecule has 0 saturated carbocycles. The van der Waals surface area contributed by atoms with Crippen LogP contribution in [-0.4, -0.2) is 58.9 Å². The second-order valence-corrected chi connectivity index (χ2v) is 10.1. The summed E-state index contributed by atoms with van der Waals surface area (Å²) in [7, 11) is 0. The Morgan fingerprint density at radius 2 is 1.77 bits per heavy atom. The molecule has 1 aliphatic heterocycles. The van der Waals surface area contributed by atoms with Gasteiger partial charge in [-0.3, -0.25) is 9.59 Å². The van der Waals surface area contributed by atoms with E-state index < -0.39 is 11.7 Å². The van der Waals surface area contributed by atoms with Gasteiger partial charge in [0.1, 0.15) is 5.76 Å². The molecule has 1 fully saturated rings. The van der Waals surface area contributed by atoms with Crippen LogP contribution in [0.4, 0.5) is 18.9 Å². The minimum Gasteiger partial charge on any atom is -0.454 e. The van der Waals surface area contributed by atoms with Gasteiger partial charge in [-0.15, -0.1) is 0 Å². The van der Waals surface area contributed by atoms with E-state index in [4.69, 9.17) is 4.42 Å². The Morgan fingerprint density at radius 3 is 2.44 bits per heavy atom. The van der Waals surface area contributed by atoms with E-state index in [1.54, 1.807) is 23.1 Å². The van der Waals surface area contributed by atoms with Crippen LogP contribution in [0.2, 0.25) is 0 Å². The second-order valence-electron chi connectivity index (χ2n) is 10.1. The van der Waals surface area contributed by atoms with Gasteiger partial charge >= 0.3 is 6.18 Å². The summed E-state index contributed by atoms with van der Waals surface area (Å²) in [5, 5.41) is 0. The van der Waals surface area contributed by atoms with Crippen molar-refractivity contribution in [1.29, 1.82) is 0 Å². The number of furan rings is 1. The predicted molar refractivity (Wildman–Crippen MR) is 142 cm³/mol. The van der Waals surface area contributed by atoms with Gasteiger partial charge in [-0.2, -0.15) is 13.2 Å². The molecular weight excluding hydrogens is 509 g/mol. The first-order chi connectivity index (χ1) is 18.6. The minimum atomic E-state index is -4.40. The number of anilines is 1. The van der Waals surface area contributed by atoms with E-state index in [-0.39, 0.29) is 23.5 Å². The molecule has 3 heterocycles. The Morgan fingerprint density at radius 1 is 1.03 bits per heavy atom. The van der Waals surface area contributed by atoms with Gasteiger partial charge in [0.15, 0.2) is 5.76 Å². The Labute approximate surface area is 226 Å². The lowest BCUT2D eigenvalue weighted by Crippen LogP contribution is -2.48. The highest BCUT2D eigenvalue weighted by Gasteiger charge is 2.31. The normalized spacial score (nSPS) is 14.2. The molecule has 0 unspecified atom stereocenters. The summed E-state index contributed by atoms with van der Waals surface area (Å²) in [6.07, 6.45) is -1.60. The lowest BCUT2D eigenvalue weighted by atomic mass is 10.1. The van der Waals surface area contributed by atoms with Crippen molar-refractivity contribution >= 4 is 17.5 Å². The van der Waals surface area contributed by atoms with Gasteiger partial charge in [-0.25, -0.2) is 0 Å². The molecule has 0 spiro atoms. The first-order valence-electron chi connectivity index (χ1n) is 13.3. The van der Waals surface area contributed by atoms with Gasteiger partial charge < -0.3 is 23.7 Å². The van der Waals surface area contributed by atoms with Crippen molar-refractivity contribution in [2.75, 3.05) is 37.6 Å². The van der Waals surface area contributed by atoms with Crippen molar-refractivity contribution < 1.29 is 27.2 Å². The lowest BCUT2D eigenvalue weighted by molar-refractivity contribution is -0.137. The predicted octanol–water partition coefficient (Wildman–Crippen LogP) is 5.51. The molecule has 1 aliphatic rings. The Hall–Kier alpha value is -3.69. The molecule has 39 heavy (non-hydrogen) atoms. The molecule has 1 saturated heterocycles. The van der Waals surface area contributed by atoms with E-state index in [0.717, 1.165) is 24.2 Å². The van der Waals surface area contributed by atoms with Crippen molar-refractivity contribution in [3.63, 3.8) is 0 Å². The van der Waals surface area contributed by atoms with Crippen LogP contribution in [0.3, 0.4) is 0 Å². The molecule has 0 N–H and O–H groups in total. The molecule has 3 aromatic rings. The molecule has 0 bridgehead atoms. The van der Waals surface area contributed by atoms with Crippen LogP contribution in [-0.2, 0) is 24.1 Å². The molecule has 1 aromatic carbocycles. The third-order valence-corrected chi connectivity index (χ3v) is 6.88. The van der Waals surface area contributed by atoms with E-state index in [9.17, 15) is 22.8 Å². The number of alkyl halides is 3. The fourth-order valence-corrected chi connectivity index (χ4v) is 4.79. The second kappa shape index (κ2) is 12.0. The Bertz CT molecular complexity index is 1270. The highest BCUT2D eigenvalue weighted by molar-refractivity contribution is 5.91. The molecule has 0 aliphatic carbocycles. The van der Waals surface area contributed by atoms with Crippen molar-refractivity contribution in [3.8, 4) is 0 Å². The number of amides is 2. The third kappa shape index (κ3) is 6.85. The largest absolute Gasteiger partial charge is 0.454 e. The van der Waals surface area contributed by atoms with Gasteiger partial charge in [-0.05, 0) is 48.9 Å². The van der Waals surface area contributed by atoms with Crippen LogP contribution in [0.1, 0.15) is 54.8 Å². The zero-order valence-corrected chi connectivity index (χ0v) is 22.6. The highest BCUT2D eigenvalue weighted by Crippen LogP contribution is 2.32. The smallest absolute Gasteiger partial charge is 0.416 e. The highest BCUT2D eigenvalue weighted by atomic mass is 19.4. The standard InChI is InChI=1S/C29H35F3N4O3/c1-4-12-36(27(37)21(2)3)19-24-9-6-13-35(24)20-25-10-11-26(39-25)28(38)34-16-14-33(15-17-34)23-8-5-7-22(18-23)29(30,31)32/h5-11,13,18,21H,4,12,14-17,19-20H2,1-3H3. The maximum atomic E-state index is 13.1. The number of benzene rings is 1. The summed E-state index contributed by atoms with van der Waals surface area (Å²) in [5.41, 5.74) is 0.789. The van der Waals surface area contributed by atoms with E-state index in [0.29, 0.717) is 57.3 Å². The van der Waals surface area contributed by atoms with E-state index in [1.807, 2.05) is 53.5 Å². The Kier molecular flexibility index (Phi) is 8.72. The quantitative estimate of drug-likeness (QED) is 0.357. The number of halogens is 3.